The van der Waals surface area contributed by atoms with Crippen molar-refractivity contribution < 1.29 is 9.59 Å². The number of carbonyl (C=O) groups excluding carboxylic acids is 2. The van der Waals surface area contributed by atoms with Crippen LogP contribution in [-0.2, 0) is 23.2 Å². The maximum absolute atomic E-state index is 12.3. The van der Waals surface area contributed by atoms with Crippen molar-refractivity contribution in [3.8, 4) is 0 Å². The molecule has 2 atom stereocenters. The van der Waals surface area contributed by atoms with E-state index in [4.69, 9.17) is 0 Å². The van der Waals surface area contributed by atoms with Gasteiger partial charge in [0.1, 0.15) is 11.9 Å². The normalized spacial score (nSPS) is 21.1. The number of nitrogens with one attached hydrogen (secondary N) is 1. The molecule has 0 unspecified atom stereocenters. The van der Waals surface area contributed by atoms with E-state index in [0.29, 0.717) is 25.8 Å². The molecule has 2 amide bonds. The Hall–Kier alpha value is -2.64. The van der Waals surface area contributed by atoms with Gasteiger partial charge in [-0.1, -0.05) is 0 Å². The average molecular weight is 330 g/mol. The van der Waals surface area contributed by atoms with Crippen LogP contribution in [0.15, 0.2) is 30.9 Å². The Labute approximate surface area is 140 Å². The highest BCUT2D eigenvalue weighted by atomic mass is 16.2. The maximum Gasteiger partial charge on any atom is 0.223 e. The van der Waals surface area contributed by atoms with Gasteiger partial charge in [0.2, 0.25) is 11.8 Å². The van der Waals surface area contributed by atoms with Crippen LogP contribution >= 0.6 is 0 Å². The van der Waals surface area contributed by atoms with Gasteiger partial charge in [-0.2, -0.15) is 5.10 Å². The van der Waals surface area contributed by atoms with Crippen LogP contribution < -0.4 is 5.32 Å². The smallest absolute Gasteiger partial charge is 0.223 e. The number of amides is 2. The molecule has 8 nitrogen and oxygen atoms in total. The minimum Gasteiger partial charge on any atom is -0.351 e. The molecule has 0 aliphatic carbocycles. The number of rotatable bonds is 5. The second-order valence-corrected chi connectivity index (χ2v) is 6.08. The van der Waals surface area contributed by atoms with E-state index >= 15 is 0 Å². The molecule has 0 aromatic carbocycles. The number of hydrogen-bond donors (Lipinski definition) is 1. The number of aryl methyl sites for hydroxylation is 2. The minimum absolute atomic E-state index is 0.0440. The summed E-state index contributed by atoms with van der Waals surface area (Å²) >= 11 is 0. The Kier molecular flexibility index (Phi) is 4.64. The van der Waals surface area contributed by atoms with Crippen molar-refractivity contribution in [3.63, 3.8) is 0 Å². The van der Waals surface area contributed by atoms with Crippen LogP contribution in [-0.4, -0.2) is 49.1 Å². The van der Waals surface area contributed by atoms with Gasteiger partial charge in [-0.05, 0) is 12.5 Å². The van der Waals surface area contributed by atoms with Gasteiger partial charge in [0.15, 0.2) is 0 Å². The van der Waals surface area contributed by atoms with E-state index in [2.05, 4.69) is 15.4 Å². The third kappa shape index (κ3) is 3.32. The predicted octanol–water partition coefficient (Wildman–Crippen LogP) is 0.485. The summed E-state index contributed by atoms with van der Waals surface area (Å²) in [5, 5.41) is 7.17. The van der Waals surface area contributed by atoms with Crippen molar-refractivity contribution in [2.45, 2.75) is 37.9 Å². The first-order valence-electron chi connectivity index (χ1n) is 8.06. The number of carbonyl (C=O) groups is 2. The molecular weight excluding hydrogens is 308 g/mol. The van der Waals surface area contributed by atoms with Crippen LogP contribution in [0.3, 0.4) is 0 Å². The Balaban J connectivity index is 1.69. The highest BCUT2D eigenvalue weighted by Gasteiger charge is 2.37. The molecule has 0 bridgehead atoms. The Bertz CT molecular complexity index is 708. The highest BCUT2D eigenvalue weighted by molar-refractivity contribution is 5.79. The lowest BCUT2D eigenvalue weighted by Gasteiger charge is -2.38. The fourth-order valence-electron chi connectivity index (χ4n) is 3.13. The van der Waals surface area contributed by atoms with Crippen LogP contribution in [0.5, 0.6) is 0 Å². The zero-order chi connectivity index (χ0) is 17.1. The first kappa shape index (κ1) is 16.2. The molecule has 24 heavy (non-hydrogen) atoms. The third-order valence-electron chi connectivity index (χ3n) is 4.46. The summed E-state index contributed by atoms with van der Waals surface area (Å²) in [6.07, 6.45) is 8.48. The molecular formula is C16H22N6O2. The van der Waals surface area contributed by atoms with E-state index < -0.39 is 0 Å². The van der Waals surface area contributed by atoms with Gasteiger partial charge in [-0.3, -0.25) is 14.3 Å². The Morgan fingerprint density at radius 2 is 2.17 bits per heavy atom. The van der Waals surface area contributed by atoms with Crippen LogP contribution in [0.25, 0.3) is 0 Å². The van der Waals surface area contributed by atoms with Gasteiger partial charge in [0, 0.05) is 58.3 Å². The number of piperidine rings is 1. The number of nitrogens with zero attached hydrogens (tertiary/aromatic N) is 5. The topological polar surface area (TPSA) is 85.1 Å². The highest BCUT2D eigenvalue weighted by Crippen LogP contribution is 2.29. The second-order valence-electron chi connectivity index (χ2n) is 6.08. The summed E-state index contributed by atoms with van der Waals surface area (Å²) in [4.78, 5) is 30.5. The van der Waals surface area contributed by atoms with Crippen molar-refractivity contribution in [1.82, 2.24) is 29.5 Å². The summed E-state index contributed by atoms with van der Waals surface area (Å²) < 4.78 is 3.62. The van der Waals surface area contributed by atoms with Crippen molar-refractivity contribution in [1.29, 1.82) is 0 Å². The minimum atomic E-state index is -0.250. The molecule has 0 radical (unpaired) electrons. The fraction of sp³-hybridized carbons (Fsp3) is 0.500. The van der Waals surface area contributed by atoms with Gasteiger partial charge < -0.3 is 14.8 Å². The van der Waals surface area contributed by atoms with Gasteiger partial charge in [0.25, 0.3) is 0 Å². The van der Waals surface area contributed by atoms with Gasteiger partial charge in [-0.15, -0.1) is 0 Å². The van der Waals surface area contributed by atoms with Crippen LogP contribution in [0.1, 0.15) is 31.1 Å². The molecule has 8 heteroatoms. The first-order chi connectivity index (χ1) is 11.6. The summed E-state index contributed by atoms with van der Waals surface area (Å²) in [7, 11) is 3.66. The second kappa shape index (κ2) is 6.86. The molecule has 1 N–H and O–H groups in total. The lowest BCUT2D eigenvalue weighted by molar-refractivity contribution is -0.138. The van der Waals surface area contributed by atoms with E-state index in [1.54, 1.807) is 29.0 Å². The number of likely N-dealkylation sites (N-methyl/N-ethyl adjacent to an activating group) is 1. The van der Waals surface area contributed by atoms with E-state index in [1.165, 1.54) is 0 Å². The van der Waals surface area contributed by atoms with Gasteiger partial charge in [0.05, 0.1) is 6.04 Å². The fourth-order valence-corrected chi connectivity index (χ4v) is 3.13. The quantitative estimate of drug-likeness (QED) is 0.864. The molecule has 3 rings (SSSR count). The number of imidazole rings is 1. The van der Waals surface area contributed by atoms with Crippen LogP contribution in [0.2, 0.25) is 0 Å². The van der Waals surface area contributed by atoms with Crippen molar-refractivity contribution in [2.24, 2.45) is 7.05 Å². The maximum atomic E-state index is 12.3. The molecule has 1 fully saturated rings. The van der Waals surface area contributed by atoms with Crippen molar-refractivity contribution in [3.05, 3.63) is 36.7 Å². The summed E-state index contributed by atoms with van der Waals surface area (Å²) in [5.41, 5.74) is 0. The van der Waals surface area contributed by atoms with Crippen molar-refractivity contribution in [2.75, 3.05) is 7.05 Å². The lowest BCUT2D eigenvalue weighted by Crippen LogP contribution is -2.51. The van der Waals surface area contributed by atoms with E-state index in [9.17, 15) is 9.59 Å². The summed E-state index contributed by atoms with van der Waals surface area (Å²) in [6.45, 7) is 0.535. The molecule has 0 saturated carbocycles. The monoisotopic (exact) mass is 330 g/mol. The summed E-state index contributed by atoms with van der Waals surface area (Å²) in [6, 6.07) is 1.44. The van der Waals surface area contributed by atoms with Gasteiger partial charge in [-0.25, -0.2) is 4.98 Å². The van der Waals surface area contributed by atoms with E-state index in [1.807, 2.05) is 30.1 Å². The van der Waals surface area contributed by atoms with E-state index in [-0.39, 0.29) is 23.9 Å². The molecule has 1 saturated heterocycles. The number of likely N-dealkylation sites (tertiary alicyclic amines) is 1. The zero-order valence-electron chi connectivity index (χ0n) is 13.9. The molecule has 2 aromatic rings. The first-order valence-corrected chi connectivity index (χ1v) is 8.06. The predicted molar refractivity (Wildman–Crippen MR) is 86.7 cm³/mol. The standard InChI is InChI=1S/C16H22N6O2/c1-20-11-8-17-16(20)15-12(4-5-14(24)21(15)2)19-13(23)6-10-22-9-3-7-18-22/h3,7-9,11-12,15H,4-6,10H2,1-2H3,(H,19,23)/t12-,15-/m1/s1. The van der Waals surface area contributed by atoms with Crippen molar-refractivity contribution >= 4 is 11.8 Å². The lowest BCUT2D eigenvalue weighted by atomic mass is 9.95. The SMILES string of the molecule is CN1C(=O)CC[C@@H](NC(=O)CCn2cccn2)[C@@H]1c1nccn1C. The Morgan fingerprint density at radius 3 is 2.83 bits per heavy atom. The Morgan fingerprint density at radius 1 is 1.33 bits per heavy atom. The number of aromatic nitrogens is 4. The molecule has 3 heterocycles. The molecule has 1 aliphatic heterocycles. The summed E-state index contributed by atoms with van der Waals surface area (Å²) in [5.74, 6) is 0.811. The van der Waals surface area contributed by atoms with E-state index in [0.717, 1.165) is 5.82 Å². The zero-order valence-corrected chi connectivity index (χ0v) is 13.9. The number of hydrogen-bond acceptors (Lipinski definition) is 4. The molecule has 128 valence electrons. The molecule has 1 aliphatic rings. The third-order valence-corrected chi connectivity index (χ3v) is 4.46. The largest absolute Gasteiger partial charge is 0.351 e. The molecule has 2 aromatic heterocycles. The average Bonchev–Trinajstić information content (AvgIpc) is 3.21. The van der Waals surface area contributed by atoms with Crippen LogP contribution in [0, 0.1) is 0 Å². The van der Waals surface area contributed by atoms with Gasteiger partial charge >= 0.3 is 0 Å². The van der Waals surface area contributed by atoms with Crippen LogP contribution in [0.4, 0.5) is 0 Å². The molecule has 0 spiro atoms.